The zero-order valence-corrected chi connectivity index (χ0v) is 11.8. The maximum Gasteiger partial charge on any atom is 0.230 e. The van der Waals surface area contributed by atoms with E-state index in [1.54, 1.807) is 11.3 Å². The lowest BCUT2D eigenvalue weighted by molar-refractivity contribution is -0.115. The van der Waals surface area contributed by atoms with Gasteiger partial charge >= 0.3 is 0 Å². The van der Waals surface area contributed by atoms with Gasteiger partial charge in [0.2, 0.25) is 5.91 Å². The number of nitrogens with one attached hydrogen (secondary N) is 1. The Balaban J connectivity index is 1.87. The third-order valence-corrected chi connectivity index (χ3v) is 3.62. The molecule has 0 radical (unpaired) electrons. The van der Waals surface area contributed by atoms with Crippen molar-refractivity contribution >= 4 is 22.9 Å². The molecule has 0 aliphatic rings. The Kier molecular flexibility index (Phi) is 5.20. The van der Waals surface area contributed by atoms with E-state index in [1.807, 2.05) is 5.38 Å². The van der Waals surface area contributed by atoms with Gasteiger partial charge in [-0.3, -0.25) is 4.79 Å². The van der Waals surface area contributed by atoms with Crippen molar-refractivity contribution < 1.29 is 9.18 Å². The summed E-state index contributed by atoms with van der Waals surface area (Å²) >= 11 is 1.54. The zero-order valence-electron chi connectivity index (χ0n) is 10.9. The van der Waals surface area contributed by atoms with Crippen LogP contribution in [0.5, 0.6) is 0 Å². The minimum atomic E-state index is -0.327. The maximum atomic E-state index is 12.7. The lowest BCUT2D eigenvalue weighted by Gasteiger charge is -2.03. The summed E-state index contributed by atoms with van der Waals surface area (Å²) in [5.74, 6) is -0.487. The van der Waals surface area contributed by atoms with Crippen molar-refractivity contribution in [2.24, 2.45) is 5.73 Å². The third-order valence-electron chi connectivity index (χ3n) is 2.66. The summed E-state index contributed by atoms with van der Waals surface area (Å²) in [6.07, 6.45) is 1.96. The van der Waals surface area contributed by atoms with Gasteiger partial charge in [0.1, 0.15) is 5.82 Å². The molecule has 6 heteroatoms. The van der Waals surface area contributed by atoms with Gasteiger partial charge in [0.15, 0.2) is 0 Å². The number of benzene rings is 1. The van der Waals surface area contributed by atoms with Gasteiger partial charge in [-0.2, -0.15) is 0 Å². The summed E-state index contributed by atoms with van der Waals surface area (Å²) in [5.41, 5.74) is 6.78. The molecule has 1 amide bonds. The number of nitrogens with two attached hydrogens (primary N) is 1. The van der Waals surface area contributed by atoms with E-state index in [2.05, 4.69) is 10.3 Å². The van der Waals surface area contributed by atoms with Crippen molar-refractivity contribution in [1.29, 1.82) is 0 Å². The average molecular weight is 293 g/mol. The molecule has 0 spiro atoms. The Hall–Kier alpha value is -1.79. The van der Waals surface area contributed by atoms with E-state index in [9.17, 15) is 9.18 Å². The smallest absolute Gasteiger partial charge is 0.230 e. The molecule has 106 valence electrons. The number of hydrogen-bond donors (Lipinski definition) is 2. The molecule has 1 heterocycles. The second-order valence-corrected chi connectivity index (χ2v) is 5.30. The number of aryl methyl sites for hydroxylation is 1. The van der Waals surface area contributed by atoms with Crippen molar-refractivity contribution in [3.05, 3.63) is 46.2 Å². The van der Waals surface area contributed by atoms with Gasteiger partial charge in [-0.05, 0) is 37.2 Å². The largest absolute Gasteiger partial charge is 0.330 e. The average Bonchev–Trinajstić information content (AvgIpc) is 2.86. The van der Waals surface area contributed by atoms with E-state index in [4.69, 9.17) is 5.73 Å². The molecule has 0 fully saturated rings. The molecule has 0 atom stereocenters. The first kappa shape index (κ1) is 14.6. The predicted octanol–water partition coefficient (Wildman–Crippen LogP) is 2.35. The second-order valence-electron chi connectivity index (χ2n) is 4.36. The molecule has 0 bridgehead atoms. The van der Waals surface area contributed by atoms with Crippen LogP contribution in [0.2, 0.25) is 0 Å². The summed E-state index contributed by atoms with van der Waals surface area (Å²) in [5, 5.41) is 5.59. The molecule has 2 rings (SSSR count). The molecule has 20 heavy (non-hydrogen) atoms. The molecule has 2 aromatic rings. The molecule has 0 aliphatic heterocycles. The van der Waals surface area contributed by atoms with Crippen molar-refractivity contribution in [3.8, 4) is 0 Å². The standard InChI is InChI=1S/C14H16FN3OS/c15-10-3-5-11(6-4-10)17-13(19)8-12-9-20-14(18-12)2-1-7-16/h3-6,9H,1-2,7-8,16H2,(H,17,19). The molecule has 0 unspecified atom stereocenters. The van der Waals surface area contributed by atoms with Crippen LogP contribution in [0.3, 0.4) is 0 Å². The number of aromatic nitrogens is 1. The van der Waals surface area contributed by atoms with Crippen molar-refractivity contribution in [2.45, 2.75) is 19.3 Å². The van der Waals surface area contributed by atoms with Crippen LogP contribution in [-0.2, 0) is 17.6 Å². The second kappa shape index (κ2) is 7.12. The van der Waals surface area contributed by atoms with Crippen molar-refractivity contribution in [1.82, 2.24) is 4.98 Å². The van der Waals surface area contributed by atoms with Crippen LogP contribution in [0, 0.1) is 5.82 Å². The lowest BCUT2D eigenvalue weighted by Crippen LogP contribution is -2.14. The number of carbonyl (C=O) groups excluding carboxylic acids is 1. The normalized spacial score (nSPS) is 10.5. The molecule has 0 saturated heterocycles. The van der Waals surface area contributed by atoms with E-state index in [0.29, 0.717) is 12.2 Å². The number of amides is 1. The Morgan fingerprint density at radius 2 is 2.10 bits per heavy atom. The fraction of sp³-hybridized carbons (Fsp3) is 0.286. The van der Waals surface area contributed by atoms with Gasteiger partial charge < -0.3 is 11.1 Å². The quantitative estimate of drug-likeness (QED) is 0.859. The summed E-state index contributed by atoms with van der Waals surface area (Å²) in [6, 6.07) is 5.68. The van der Waals surface area contributed by atoms with Crippen LogP contribution in [0.1, 0.15) is 17.1 Å². The van der Waals surface area contributed by atoms with E-state index in [-0.39, 0.29) is 18.1 Å². The number of rotatable bonds is 6. The fourth-order valence-corrected chi connectivity index (χ4v) is 2.54. The molecule has 1 aromatic heterocycles. The Bertz CT molecular complexity index is 568. The zero-order chi connectivity index (χ0) is 14.4. The van der Waals surface area contributed by atoms with Gasteiger partial charge in [0, 0.05) is 17.5 Å². The van der Waals surface area contributed by atoms with Crippen LogP contribution >= 0.6 is 11.3 Å². The van der Waals surface area contributed by atoms with Crippen LogP contribution in [0.25, 0.3) is 0 Å². The third kappa shape index (κ3) is 4.40. The Morgan fingerprint density at radius 1 is 1.35 bits per heavy atom. The summed E-state index contributed by atoms with van der Waals surface area (Å²) in [7, 11) is 0. The Morgan fingerprint density at radius 3 is 2.80 bits per heavy atom. The van der Waals surface area contributed by atoms with E-state index >= 15 is 0 Å². The van der Waals surface area contributed by atoms with Gasteiger partial charge in [-0.15, -0.1) is 11.3 Å². The van der Waals surface area contributed by atoms with Gasteiger partial charge in [0.05, 0.1) is 17.1 Å². The topological polar surface area (TPSA) is 68.0 Å². The SMILES string of the molecule is NCCCc1nc(CC(=O)Nc2ccc(F)cc2)cs1. The highest BCUT2D eigenvalue weighted by Crippen LogP contribution is 2.13. The van der Waals surface area contributed by atoms with E-state index in [0.717, 1.165) is 23.5 Å². The Labute approximate surface area is 120 Å². The highest BCUT2D eigenvalue weighted by molar-refractivity contribution is 7.09. The minimum absolute atomic E-state index is 0.160. The highest BCUT2D eigenvalue weighted by atomic mass is 32.1. The van der Waals surface area contributed by atoms with Crippen LogP contribution < -0.4 is 11.1 Å². The maximum absolute atomic E-state index is 12.7. The molecule has 1 aromatic carbocycles. The van der Waals surface area contributed by atoms with Gasteiger partial charge in [-0.1, -0.05) is 0 Å². The van der Waals surface area contributed by atoms with E-state index < -0.39 is 0 Å². The fourth-order valence-electron chi connectivity index (χ4n) is 1.70. The van der Waals surface area contributed by atoms with Crippen LogP contribution in [0.15, 0.2) is 29.6 Å². The van der Waals surface area contributed by atoms with Crippen molar-refractivity contribution in [3.63, 3.8) is 0 Å². The summed E-state index contributed by atoms with van der Waals surface area (Å²) in [6.45, 7) is 0.639. The first-order valence-corrected chi connectivity index (χ1v) is 7.24. The number of carbonyl (C=O) groups is 1. The molecule has 3 N–H and O–H groups in total. The molecule has 0 saturated carbocycles. The number of hydrogen-bond acceptors (Lipinski definition) is 4. The molecular weight excluding hydrogens is 277 g/mol. The molecule has 4 nitrogen and oxygen atoms in total. The van der Waals surface area contributed by atoms with Crippen molar-refractivity contribution in [2.75, 3.05) is 11.9 Å². The lowest BCUT2D eigenvalue weighted by atomic mass is 10.2. The number of nitrogens with zero attached hydrogens (tertiary/aromatic N) is 1. The minimum Gasteiger partial charge on any atom is -0.330 e. The first-order chi connectivity index (χ1) is 9.67. The molecular formula is C14H16FN3OS. The monoisotopic (exact) mass is 293 g/mol. The molecule has 0 aliphatic carbocycles. The predicted molar refractivity (Wildman–Crippen MR) is 78.2 cm³/mol. The number of thiazole rings is 1. The van der Waals surface area contributed by atoms with E-state index in [1.165, 1.54) is 24.3 Å². The van der Waals surface area contributed by atoms with Crippen LogP contribution in [0.4, 0.5) is 10.1 Å². The summed E-state index contributed by atoms with van der Waals surface area (Å²) in [4.78, 5) is 16.2. The van der Waals surface area contributed by atoms with Gasteiger partial charge in [0.25, 0.3) is 0 Å². The number of halogens is 1. The van der Waals surface area contributed by atoms with Crippen LogP contribution in [-0.4, -0.2) is 17.4 Å². The highest BCUT2D eigenvalue weighted by Gasteiger charge is 2.08. The van der Waals surface area contributed by atoms with Gasteiger partial charge in [-0.25, -0.2) is 9.37 Å². The summed E-state index contributed by atoms with van der Waals surface area (Å²) < 4.78 is 12.7. The number of anilines is 1. The first-order valence-electron chi connectivity index (χ1n) is 6.36.